The van der Waals surface area contributed by atoms with E-state index in [-0.39, 0.29) is 0 Å². The summed E-state index contributed by atoms with van der Waals surface area (Å²) in [5.41, 5.74) is -0.654. The van der Waals surface area contributed by atoms with Gasteiger partial charge in [0.1, 0.15) is 5.60 Å². The monoisotopic (exact) mass is 299 g/mol. The maximum atomic E-state index is 12.0. The lowest BCUT2D eigenvalue weighted by atomic mass is 10.2. The summed E-state index contributed by atoms with van der Waals surface area (Å²) in [7, 11) is 1.44. The Kier molecular flexibility index (Phi) is 5.16. The molecule has 0 spiro atoms. The molecule has 112 valence electrons. The molecule has 1 aromatic heterocycles. The average Bonchev–Trinajstić information content (AvgIpc) is 2.74. The fraction of sp³-hybridized carbons (Fsp3) is 0.571. The lowest BCUT2D eigenvalue weighted by molar-refractivity contribution is -0.142. The highest BCUT2D eigenvalue weighted by Crippen LogP contribution is 2.28. The number of ether oxygens (including phenoxy) is 1. The number of carbonyl (C=O) groups excluding carboxylic acids is 1. The molecule has 1 unspecified atom stereocenters. The van der Waals surface area contributed by atoms with E-state index in [1.54, 1.807) is 26.8 Å². The van der Waals surface area contributed by atoms with Gasteiger partial charge in [0.25, 0.3) is 0 Å². The molecule has 0 bridgehead atoms. The Balaban J connectivity index is 2.96. The molecule has 0 aromatic carbocycles. The van der Waals surface area contributed by atoms with Crippen LogP contribution in [0.2, 0.25) is 0 Å². The molecule has 6 heteroatoms. The van der Waals surface area contributed by atoms with E-state index in [0.717, 1.165) is 16.2 Å². The van der Waals surface area contributed by atoms with Crippen LogP contribution in [0.5, 0.6) is 0 Å². The molecule has 1 heterocycles. The number of carbonyl (C=O) groups is 2. The Morgan fingerprint density at radius 2 is 2.00 bits per heavy atom. The van der Waals surface area contributed by atoms with Crippen LogP contribution < -0.4 is 0 Å². The van der Waals surface area contributed by atoms with Crippen LogP contribution in [-0.2, 0) is 16.0 Å². The van der Waals surface area contributed by atoms with Gasteiger partial charge in [0, 0.05) is 16.8 Å². The van der Waals surface area contributed by atoms with E-state index < -0.39 is 23.7 Å². The zero-order chi connectivity index (χ0) is 15.5. The minimum absolute atomic E-state index is 0.628. The van der Waals surface area contributed by atoms with Crippen molar-refractivity contribution in [1.29, 1.82) is 0 Å². The quantitative estimate of drug-likeness (QED) is 0.926. The number of amides is 1. The van der Waals surface area contributed by atoms with E-state index in [0.29, 0.717) is 4.88 Å². The molecule has 0 aliphatic heterocycles. The van der Waals surface area contributed by atoms with Crippen LogP contribution in [-0.4, -0.2) is 34.7 Å². The zero-order valence-electron chi connectivity index (χ0n) is 12.5. The van der Waals surface area contributed by atoms with Crippen molar-refractivity contribution in [2.24, 2.45) is 0 Å². The smallest absolute Gasteiger partial charge is 0.411 e. The van der Waals surface area contributed by atoms with Crippen molar-refractivity contribution in [3.63, 3.8) is 0 Å². The number of aryl methyl sites for hydroxylation is 1. The molecule has 5 nitrogen and oxygen atoms in total. The van der Waals surface area contributed by atoms with Gasteiger partial charge in [0.15, 0.2) is 6.04 Å². The number of thiophene rings is 1. The molecule has 0 fully saturated rings. The van der Waals surface area contributed by atoms with Gasteiger partial charge in [-0.2, -0.15) is 0 Å². The molecular formula is C14H21NO4S. The predicted molar refractivity (Wildman–Crippen MR) is 78.1 cm³/mol. The van der Waals surface area contributed by atoms with Crippen molar-refractivity contribution in [2.75, 3.05) is 7.05 Å². The number of carboxylic acid groups (broad SMARTS) is 1. The van der Waals surface area contributed by atoms with Gasteiger partial charge in [0.05, 0.1) is 0 Å². The van der Waals surface area contributed by atoms with Gasteiger partial charge in [0.2, 0.25) is 0 Å². The number of hydrogen-bond acceptors (Lipinski definition) is 4. The molecule has 1 amide bonds. The SMILES string of the molecule is CCc1ccc(C(C(=O)O)N(C)C(=O)OC(C)(C)C)s1. The number of rotatable bonds is 4. The summed E-state index contributed by atoms with van der Waals surface area (Å²) >= 11 is 1.40. The first-order valence-electron chi connectivity index (χ1n) is 6.43. The van der Waals surface area contributed by atoms with Gasteiger partial charge in [-0.3, -0.25) is 4.90 Å². The third-order valence-electron chi connectivity index (χ3n) is 2.60. The lowest BCUT2D eigenvalue weighted by Crippen LogP contribution is -2.39. The number of hydrogen-bond donors (Lipinski definition) is 1. The van der Waals surface area contributed by atoms with Gasteiger partial charge in [-0.1, -0.05) is 6.92 Å². The number of nitrogens with zero attached hydrogens (tertiary/aromatic N) is 1. The van der Waals surface area contributed by atoms with Gasteiger partial charge in [-0.05, 0) is 39.3 Å². The lowest BCUT2D eigenvalue weighted by Gasteiger charge is -2.28. The second-order valence-electron chi connectivity index (χ2n) is 5.49. The Hall–Kier alpha value is -1.56. The minimum Gasteiger partial charge on any atom is -0.479 e. The molecule has 1 N–H and O–H groups in total. The Labute approximate surface area is 123 Å². The minimum atomic E-state index is -1.07. The van der Waals surface area contributed by atoms with Crippen LogP contribution >= 0.6 is 11.3 Å². The highest BCUT2D eigenvalue weighted by atomic mass is 32.1. The van der Waals surface area contributed by atoms with Crippen molar-refractivity contribution in [3.8, 4) is 0 Å². The number of likely N-dealkylation sites (N-methyl/N-ethyl adjacent to an activating group) is 1. The van der Waals surface area contributed by atoms with E-state index in [2.05, 4.69) is 0 Å². The van der Waals surface area contributed by atoms with Crippen LogP contribution in [0.3, 0.4) is 0 Å². The second-order valence-corrected chi connectivity index (χ2v) is 6.69. The van der Waals surface area contributed by atoms with Crippen molar-refractivity contribution >= 4 is 23.4 Å². The van der Waals surface area contributed by atoms with E-state index in [1.807, 2.05) is 13.0 Å². The largest absolute Gasteiger partial charge is 0.479 e. The van der Waals surface area contributed by atoms with E-state index in [1.165, 1.54) is 18.4 Å². The normalized spacial score (nSPS) is 12.8. The first-order valence-corrected chi connectivity index (χ1v) is 7.24. The van der Waals surface area contributed by atoms with Gasteiger partial charge < -0.3 is 9.84 Å². The summed E-state index contributed by atoms with van der Waals surface area (Å²) in [4.78, 5) is 26.3. The molecule has 0 aliphatic rings. The molecule has 1 atom stereocenters. The summed E-state index contributed by atoms with van der Waals surface area (Å²) in [6.45, 7) is 7.24. The predicted octanol–water partition coefficient (Wildman–Crippen LogP) is 3.30. The third kappa shape index (κ3) is 4.23. The van der Waals surface area contributed by atoms with Crippen molar-refractivity contribution in [1.82, 2.24) is 4.90 Å². The highest BCUT2D eigenvalue weighted by Gasteiger charge is 2.32. The van der Waals surface area contributed by atoms with Gasteiger partial charge in [-0.15, -0.1) is 11.3 Å². The van der Waals surface area contributed by atoms with E-state index >= 15 is 0 Å². The first kappa shape index (κ1) is 16.5. The fourth-order valence-electron chi connectivity index (χ4n) is 1.65. The molecule has 1 aromatic rings. The number of aliphatic carboxylic acids is 1. The van der Waals surface area contributed by atoms with Crippen LogP contribution in [0.25, 0.3) is 0 Å². The maximum Gasteiger partial charge on any atom is 0.411 e. The third-order valence-corrected chi connectivity index (χ3v) is 3.89. The van der Waals surface area contributed by atoms with Gasteiger partial charge >= 0.3 is 12.1 Å². The van der Waals surface area contributed by atoms with Crippen LogP contribution in [0.4, 0.5) is 4.79 Å². The molecule has 1 rings (SSSR count). The Morgan fingerprint density at radius 1 is 1.40 bits per heavy atom. The van der Waals surface area contributed by atoms with E-state index in [4.69, 9.17) is 4.74 Å². The second kappa shape index (κ2) is 6.26. The standard InChI is InChI=1S/C14H21NO4S/c1-6-9-7-8-10(20-9)11(12(16)17)15(5)13(18)19-14(2,3)4/h7-8,11H,6H2,1-5H3,(H,16,17). The fourth-order valence-corrected chi connectivity index (χ4v) is 2.74. The summed E-state index contributed by atoms with van der Waals surface area (Å²) in [5, 5.41) is 9.38. The summed E-state index contributed by atoms with van der Waals surface area (Å²) in [6, 6.07) is 2.62. The van der Waals surface area contributed by atoms with Crippen LogP contribution in [0, 0.1) is 0 Å². The maximum absolute atomic E-state index is 12.0. The topological polar surface area (TPSA) is 66.8 Å². The summed E-state index contributed by atoms with van der Waals surface area (Å²) in [6.07, 6.45) is 0.198. The van der Waals surface area contributed by atoms with Crippen molar-refractivity contribution in [3.05, 3.63) is 21.9 Å². The molecule has 0 saturated heterocycles. The summed E-state index contributed by atoms with van der Waals surface area (Å²) in [5.74, 6) is -1.07. The van der Waals surface area contributed by atoms with Crippen molar-refractivity contribution in [2.45, 2.75) is 45.8 Å². The van der Waals surface area contributed by atoms with E-state index in [9.17, 15) is 14.7 Å². The average molecular weight is 299 g/mol. The summed E-state index contributed by atoms with van der Waals surface area (Å²) < 4.78 is 5.21. The molecule has 0 radical (unpaired) electrons. The van der Waals surface area contributed by atoms with Crippen molar-refractivity contribution < 1.29 is 19.4 Å². The number of carboxylic acids is 1. The highest BCUT2D eigenvalue weighted by molar-refractivity contribution is 7.12. The first-order chi connectivity index (χ1) is 9.15. The zero-order valence-corrected chi connectivity index (χ0v) is 13.3. The molecule has 20 heavy (non-hydrogen) atoms. The molecule has 0 saturated carbocycles. The molecule has 0 aliphatic carbocycles. The van der Waals surface area contributed by atoms with Crippen LogP contribution in [0.1, 0.15) is 43.5 Å². The van der Waals surface area contributed by atoms with Gasteiger partial charge in [-0.25, -0.2) is 9.59 Å². The van der Waals surface area contributed by atoms with Crippen LogP contribution in [0.15, 0.2) is 12.1 Å². The molecular weight excluding hydrogens is 278 g/mol. The Morgan fingerprint density at radius 3 is 2.40 bits per heavy atom. The Bertz CT molecular complexity index is 490.